The monoisotopic (exact) mass is 431 g/mol. The van der Waals surface area contributed by atoms with E-state index in [1.807, 2.05) is 37.3 Å². The van der Waals surface area contributed by atoms with E-state index in [1.54, 1.807) is 6.07 Å². The molecular formula is C22H23Cl2N3O2. The van der Waals surface area contributed by atoms with Crippen LogP contribution in [0.2, 0.25) is 10.0 Å². The quantitative estimate of drug-likeness (QED) is 0.511. The number of hydrogen-bond acceptors (Lipinski definition) is 4. The third-order valence-corrected chi connectivity index (χ3v) is 5.40. The van der Waals surface area contributed by atoms with E-state index in [9.17, 15) is 4.79 Å². The van der Waals surface area contributed by atoms with Gasteiger partial charge in [-0.05, 0) is 37.1 Å². The van der Waals surface area contributed by atoms with Gasteiger partial charge in [-0.25, -0.2) is 4.98 Å². The number of benzene rings is 2. The molecule has 1 unspecified atom stereocenters. The van der Waals surface area contributed by atoms with Gasteiger partial charge in [0.25, 0.3) is 5.91 Å². The average Bonchev–Trinajstić information content (AvgIpc) is 3.19. The van der Waals surface area contributed by atoms with Crippen LogP contribution in [0.5, 0.6) is 0 Å². The molecule has 1 amide bonds. The topological polar surface area (TPSA) is 58.4 Å². The third kappa shape index (κ3) is 5.60. The Bertz CT molecular complexity index is 960. The summed E-state index contributed by atoms with van der Waals surface area (Å²) in [6.45, 7) is 5.58. The molecule has 0 aliphatic rings. The number of halogens is 2. The van der Waals surface area contributed by atoms with Gasteiger partial charge in [-0.15, -0.1) is 0 Å². The highest BCUT2D eigenvalue weighted by atomic mass is 35.5. The molecule has 7 heteroatoms. The minimum atomic E-state index is -0.241. The van der Waals surface area contributed by atoms with Crippen molar-refractivity contribution < 1.29 is 9.21 Å². The predicted molar refractivity (Wildman–Crippen MR) is 115 cm³/mol. The first-order chi connectivity index (χ1) is 14.0. The second kappa shape index (κ2) is 9.92. The number of hydrogen-bond donors (Lipinski definition) is 1. The molecule has 0 fully saturated rings. The average molecular weight is 432 g/mol. The zero-order valence-corrected chi connectivity index (χ0v) is 17.9. The second-order valence-corrected chi connectivity index (χ2v) is 7.54. The molecule has 152 valence electrons. The predicted octanol–water partition coefficient (Wildman–Crippen LogP) is 5.49. The molecule has 1 N–H and O–H groups in total. The maximum Gasteiger partial charge on any atom is 0.273 e. The van der Waals surface area contributed by atoms with Crippen molar-refractivity contribution in [2.75, 3.05) is 6.54 Å². The summed E-state index contributed by atoms with van der Waals surface area (Å²) in [4.78, 5) is 18.5. The minimum Gasteiger partial charge on any atom is -0.447 e. The van der Waals surface area contributed by atoms with Crippen LogP contribution in [0.3, 0.4) is 0 Å². The summed E-state index contributed by atoms with van der Waals surface area (Å²) in [7, 11) is 0. The molecule has 0 spiro atoms. The first kappa shape index (κ1) is 21.4. The van der Waals surface area contributed by atoms with E-state index in [2.05, 4.69) is 34.3 Å². The van der Waals surface area contributed by atoms with Gasteiger partial charge >= 0.3 is 0 Å². The van der Waals surface area contributed by atoms with Crippen molar-refractivity contribution in [1.29, 1.82) is 0 Å². The van der Waals surface area contributed by atoms with Gasteiger partial charge in [0, 0.05) is 19.1 Å². The molecule has 0 aliphatic heterocycles. The Morgan fingerprint density at radius 3 is 2.59 bits per heavy atom. The number of amides is 1. The fourth-order valence-corrected chi connectivity index (χ4v) is 3.38. The number of oxazole rings is 1. The normalized spacial score (nSPS) is 12.2. The van der Waals surface area contributed by atoms with Crippen molar-refractivity contribution in [2.24, 2.45) is 0 Å². The van der Waals surface area contributed by atoms with Crippen LogP contribution in [0.1, 0.15) is 47.4 Å². The highest BCUT2D eigenvalue weighted by Gasteiger charge is 2.20. The van der Waals surface area contributed by atoms with E-state index in [-0.39, 0.29) is 17.6 Å². The standard InChI is InChI=1S/C22H23Cl2N3O2/c1-3-25-22(28)20-14-29-21(26-20)13-27(15(2)17-7-5-4-6-8-17)12-16-9-10-18(23)19(24)11-16/h4-11,14-15H,3,12-13H2,1-2H3,(H,25,28). The lowest BCUT2D eigenvalue weighted by molar-refractivity contribution is 0.0950. The van der Waals surface area contributed by atoms with Crippen LogP contribution in [-0.4, -0.2) is 22.3 Å². The Morgan fingerprint density at radius 2 is 1.90 bits per heavy atom. The smallest absolute Gasteiger partial charge is 0.273 e. The van der Waals surface area contributed by atoms with Crippen molar-refractivity contribution in [3.8, 4) is 0 Å². The first-order valence-electron chi connectivity index (χ1n) is 9.43. The molecule has 0 aliphatic carbocycles. The summed E-state index contributed by atoms with van der Waals surface area (Å²) in [5, 5.41) is 3.77. The van der Waals surface area contributed by atoms with E-state index in [1.165, 1.54) is 11.8 Å². The summed E-state index contributed by atoms with van der Waals surface area (Å²) in [5.41, 5.74) is 2.48. The van der Waals surface area contributed by atoms with Crippen molar-refractivity contribution in [3.63, 3.8) is 0 Å². The first-order valence-corrected chi connectivity index (χ1v) is 10.2. The molecule has 0 bridgehead atoms. The van der Waals surface area contributed by atoms with Crippen LogP contribution in [-0.2, 0) is 13.1 Å². The molecule has 3 rings (SSSR count). The van der Waals surface area contributed by atoms with Crippen molar-refractivity contribution in [1.82, 2.24) is 15.2 Å². The summed E-state index contributed by atoms with van der Waals surface area (Å²) in [6, 6.07) is 15.9. The number of carbonyl (C=O) groups excluding carboxylic acids is 1. The molecule has 5 nitrogen and oxygen atoms in total. The lowest BCUT2D eigenvalue weighted by atomic mass is 10.1. The van der Waals surface area contributed by atoms with Gasteiger partial charge in [0.2, 0.25) is 5.89 Å². The molecule has 3 aromatic rings. The molecule has 1 aromatic heterocycles. The Kier molecular flexibility index (Phi) is 7.31. The molecule has 0 saturated carbocycles. The highest BCUT2D eigenvalue weighted by molar-refractivity contribution is 6.42. The number of nitrogens with one attached hydrogen (secondary N) is 1. The summed E-state index contributed by atoms with van der Waals surface area (Å²) in [6.07, 6.45) is 1.39. The Morgan fingerprint density at radius 1 is 1.14 bits per heavy atom. The molecule has 1 atom stereocenters. The number of carbonyl (C=O) groups is 1. The Balaban J connectivity index is 1.84. The van der Waals surface area contributed by atoms with Crippen LogP contribution in [0.25, 0.3) is 0 Å². The van der Waals surface area contributed by atoms with Gasteiger partial charge in [0.15, 0.2) is 5.69 Å². The van der Waals surface area contributed by atoms with Crippen LogP contribution >= 0.6 is 23.2 Å². The maximum atomic E-state index is 12.0. The second-order valence-electron chi connectivity index (χ2n) is 6.73. The van der Waals surface area contributed by atoms with Crippen molar-refractivity contribution in [3.05, 3.63) is 87.6 Å². The van der Waals surface area contributed by atoms with Gasteiger partial charge < -0.3 is 9.73 Å². The fraction of sp³-hybridized carbons (Fsp3) is 0.273. The molecule has 0 saturated heterocycles. The van der Waals surface area contributed by atoms with Crippen LogP contribution < -0.4 is 5.32 Å². The summed E-state index contributed by atoms with van der Waals surface area (Å²) >= 11 is 12.3. The number of rotatable bonds is 8. The molecular weight excluding hydrogens is 409 g/mol. The summed E-state index contributed by atoms with van der Waals surface area (Å²) in [5.74, 6) is 0.240. The zero-order valence-electron chi connectivity index (χ0n) is 16.4. The minimum absolute atomic E-state index is 0.0884. The van der Waals surface area contributed by atoms with Gasteiger partial charge in [-0.3, -0.25) is 9.69 Å². The van der Waals surface area contributed by atoms with Crippen LogP contribution in [0.15, 0.2) is 59.2 Å². The van der Waals surface area contributed by atoms with Crippen LogP contribution in [0.4, 0.5) is 0 Å². The number of nitrogens with zero attached hydrogens (tertiary/aromatic N) is 2. The van der Waals surface area contributed by atoms with E-state index in [0.717, 1.165) is 5.56 Å². The van der Waals surface area contributed by atoms with Gasteiger partial charge in [0.05, 0.1) is 16.6 Å². The van der Waals surface area contributed by atoms with Gasteiger partial charge in [-0.1, -0.05) is 59.6 Å². The largest absolute Gasteiger partial charge is 0.447 e. The van der Waals surface area contributed by atoms with Crippen molar-refractivity contribution >= 4 is 29.1 Å². The Labute approximate surface area is 180 Å². The number of aromatic nitrogens is 1. The fourth-order valence-electron chi connectivity index (χ4n) is 3.06. The molecule has 1 heterocycles. The zero-order chi connectivity index (χ0) is 20.8. The summed E-state index contributed by atoms with van der Waals surface area (Å²) < 4.78 is 5.57. The SMILES string of the molecule is CCNC(=O)c1coc(CN(Cc2ccc(Cl)c(Cl)c2)C(C)c2ccccc2)n1. The lowest BCUT2D eigenvalue weighted by Crippen LogP contribution is -2.27. The van der Waals surface area contributed by atoms with Crippen molar-refractivity contribution in [2.45, 2.75) is 33.0 Å². The lowest BCUT2D eigenvalue weighted by Gasteiger charge is -2.28. The van der Waals surface area contributed by atoms with E-state index >= 15 is 0 Å². The van der Waals surface area contributed by atoms with Gasteiger partial charge in [-0.2, -0.15) is 0 Å². The Hall–Kier alpha value is -2.34. The van der Waals surface area contributed by atoms with E-state index in [4.69, 9.17) is 27.6 Å². The molecule has 29 heavy (non-hydrogen) atoms. The third-order valence-electron chi connectivity index (χ3n) is 4.66. The van der Waals surface area contributed by atoms with Crippen LogP contribution in [0, 0.1) is 0 Å². The van der Waals surface area contributed by atoms with E-state index < -0.39 is 0 Å². The van der Waals surface area contributed by atoms with E-state index in [0.29, 0.717) is 35.6 Å². The van der Waals surface area contributed by atoms with Gasteiger partial charge in [0.1, 0.15) is 6.26 Å². The molecule has 2 aromatic carbocycles. The highest BCUT2D eigenvalue weighted by Crippen LogP contribution is 2.27. The maximum absolute atomic E-state index is 12.0. The molecule has 0 radical (unpaired) electrons.